The van der Waals surface area contributed by atoms with Crippen LogP contribution in [0.1, 0.15) is 18.4 Å². The van der Waals surface area contributed by atoms with Crippen molar-refractivity contribution in [1.82, 2.24) is 5.16 Å². The Kier molecular flexibility index (Phi) is 5.90. The summed E-state index contributed by atoms with van der Waals surface area (Å²) in [6.45, 7) is 6.00. The number of ether oxygens (including phenoxy) is 2. The molecule has 0 radical (unpaired) electrons. The Balaban J connectivity index is 1.99. The van der Waals surface area contributed by atoms with Crippen LogP contribution in [-0.2, 0) is 11.3 Å². The Hall–Kier alpha value is -1.72. The molecule has 0 atom stereocenters. The third-order valence-corrected chi connectivity index (χ3v) is 3.08. The molecule has 0 aliphatic heterocycles. The predicted molar refractivity (Wildman–Crippen MR) is 82.0 cm³/mol. The van der Waals surface area contributed by atoms with Gasteiger partial charge in [0.25, 0.3) is 0 Å². The first kappa shape index (κ1) is 15.7. The maximum atomic E-state index is 6.19. The van der Waals surface area contributed by atoms with Gasteiger partial charge in [-0.2, -0.15) is 0 Å². The van der Waals surface area contributed by atoms with Gasteiger partial charge in [-0.3, -0.25) is 0 Å². The first-order valence-corrected chi connectivity index (χ1v) is 7.23. The quantitative estimate of drug-likeness (QED) is 0.754. The number of aryl methyl sites for hydroxylation is 1. The van der Waals surface area contributed by atoms with Crippen LogP contribution < -0.4 is 10.1 Å². The van der Waals surface area contributed by atoms with Gasteiger partial charge in [-0.15, -0.1) is 0 Å². The minimum Gasteiger partial charge on any atom is -0.487 e. The molecule has 1 heterocycles. The molecule has 114 valence electrons. The largest absolute Gasteiger partial charge is 0.487 e. The lowest BCUT2D eigenvalue weighted by Gasteiger charge is -2.14. The van der Waals surface area contributed by atoms with E-state index >= 15 is 0 Å². The fraction of sp³-hybridized carbons (Fsp3) is 0.400. The third kappa shape index (κ3) is 4.65. The maximum Gasteiger partial charge on any atom is 0.161 e. The van der Waals surface area contributed by atoms with Crippen molar-refractivity contribution in [3.05, 3.63) is 40.7 Å². The Labute approximate surface area is 129 Å². The number of hydrogen-bond acceptors (Lipinski definition) is 5. The van der Waals surface area contributed by atoms with Gasteiger partial charge in [0, 0.05) is 12.7 Å². The summed E-state index contributed by atoms with van der Waals surface area (Å²) in [6, 6.07) is 7.46. The van der Waals surface area contributed by atoms with Gasteiger partial charge in [-0.1, -0.05) is 22.8 Å². The molecular formula is C15H19ClN2O3. The summed E-state index contributed by atoms with van der Waals surface area (Å²) in [4.78, 5) is 0. The fourth-order valence-corrected chi connectivity index (χ4v) is 2.06. The van der Waals surface area contributed by atoms with Gasteiger partial charge in [-0.05, 0) is 26.0 Å². The molecule has 0 saturated carbocycles. The van der Waals surface area contributed by atoms with E-state index in [1.807, 2.05) is 32.0 Å². The highest BCUT2D eigenvalue weighted by molar-refractivity contribution is 6.32. The average Bonchev–Trinajstić information content (AvgIpc) is 2.89. The maximum absolute atomic E-state index is 6.19. The van der Waals surface area contributed by atoms with E-state index in [4.69, 9.17) is 25.6 Å². The average molecular weight is 311 g/mol. The van der Waals surface area contributed by atoms with E-state index in [1.54, 1.807) is 6.07 Å². The van der Waals surface area contributed by atoms with Crippen LogP contribution in [0.2, 0.25) is 5.02 Å². The van der Waals surface area contributed by atoms with Gasteiger partial charge in [0.15, 0.2) is 5.75 Å². The predicted octanol–water partition coefficient (Wildman–Crippen LogP) is 3.66. The molecular weight excluding hydrogens is 292 g/mol. The van der Waals surface area contributed by atoms with Gasteiger partial charge in [0.1, 0.15) is 18.1 Å². The highest BCUT2D eigenvalue weighted by Crippen LogP contribution is 2.33. The van der Waals surface area contributed by atoms with Crippen LogP contribution in [0.3, 0.4) is 0 Å². The highest BCUT2D eigenvalue weighted by atomic mass is 35.5. The monoisotopic (exact) mass is 310 g/mol. The van der Waals surface area contributed by atoms with Gasteiger partial charge in [0.2, 0.25) is 0 Å². The van der Waals surface area contributed by atoms with E-state index in [2.05, 4.69) is 10.5 Å². The molecule has 0 fully saturated rings. The first-order chi connectivity index (χ1) is 10.2. The van der Waals surface area contributed by atoms with Crippen molar-refractivity contribution in [3.63, 3.8) is 0 Å². The number of hydrogen-bond donors (Lipinski definition) is 1. The van der Waals surface area contributed by atoms with Crippen molar-refractivity contribution >= 4 is 17.3 Å². The van der Waals surface area contributed by atoms with Crippen LogP contribution in [0.15, 0.2) is 28.8 Å². The standard InChI is InChI=1S/C15H19ClN2O3/c1-3-19-7-8-20-15-13(16)5-4-6-14(15)17-10-12-9-11(2)21-18-12/h4-6,9,17H,3,7-8,10H2,1-2H3. The highest BCUT2D eigenvalue weighted by Gasteiger charge is 2.09. The smallest absolute Gasteiger partial charge is 0.161 e. The van der Waals surface area contributed by atoms with Crippen LogP contribution >= 0.6 is 11.6 Å². The molecule has 6 heteroatoms. The van der Waals surface area contributed by atoms with Crippen molar-refractivity contribution in [2.24, 2.45) is 0 Å². The van der Waals surface area contributed by atoms with Gasteiger partial charge in [-0.25, -0.2) is 0 Å². The van der Waals surface area contributed by atoms with Crippen molar-refractivity contribution in [3.8, 4) is 5.75 Å². The molecule has 0 aliphatic rings. The molecule has 0 bridgehead atoms. The van der Waals surface area contributed by atoms with Crippen LogP contribution in [-0.4, -0.2) is 25.0 Å². The minimum atomic E-state index is 0.454. The van der Waals surface area contributed by atoms with Gasteiger partial charge < -0.3 is 19.3 Å². The Bertz CT molecular complexity index is 572. The molecule has 0 spiro atoms. The molecule has 0 amide bonds. The number of benzene rings is 1. The lowest BCUT2D eigenvalue weighted by molar-refractivity contribution is 0.110. The van der Waals surface area contributed by atoms with Crippen molar-refractivity contribution in [2.45, 2.75) is 20.4 Å². The summed E-state index contributed by atoms with van der Waals surface area (Å²) in [7, 11) is 0. The molecule has 0 aliphatic carbocycles. The molecule has 2 aromatic rings. The zero-order valence-electron chi connectivity index (χ0n) is 12.2. The van der Waals surface area contributed by atoms with E-state index in [1.165, 1.54) is 0 Å². The summed E-state index contributed by atoms with van der Waals surface area (Å²) in [5.41, 5.74) is 1.65. The third-order valence-electron chi connectivity index (χ3n) is 2.78. The number of nitrogens with zero attached hydrogens (tertiary/aromatic N) is 1. The Morgan fingerprint density at radius 2 is 2.19 bits per heavy atom. The number of nitrogens with one attached hydrogen (secondary N) is 1. The van der Waals surface area contributed by atoms with E-state index in [-0.39, 0.29) is 0 Å². The van der Waals surface area contributed by atoms with E-state index < -0.39 is 0 Å². The topological polar surface area (TPSA) is 56.5 Å². The Morgan fingerprint density at radius 3 is 2.90 bits per heavy atom. The van der Waals surface area contributed by atoms with Gasteiger partial charge in [0.05, 0.1) is 23.9 Å². The number of rotatable bonds is 8. The van der Waals surface area contributed by atoms with Crippen LogP contribution in [0, 0.1) is 6.92 Å². The van der Waals surface area contributed by atoms with E-state index in [9.17, 15) is 0 Å². The fourth-order valence-electron chi connectivity index (χ4n) is 1.83. The number of para-hydroxylation sites is 1. The summed E-state index contributed by atoms with van der Waals surface area (Å²) in [6.07, 6.45) is 0. The summed E-state index contributed by atoms with van der Waals surface area (Å²) >= 11 is 6.19. The summed E-state index contributed by atoms with van der Waals surface area (Å²) in [5.74, 6) is 1.41. The minimum absolute atomic E-state index is 0.454. The zero-order chi connectivity index (χ0) is 15.1. The molecule has 21 heavy (non-hydrogen) atoms. The van der Waals surface area contributed by atoms with Crippen molar-refractivity contribution in [1.29, 1.82) is 0 Å². The molecule has 5 nitrogen and oxygen atoms in total. The molecule has 1 aromatic carbocycles. The second-order valence-corrected chi connectivity index (χ2v) is 4.85. The lowest BCUT2D eigenvalue weighted by Crippen LogP contribution is -2.09. The first-order valence-electron chi connectivity index (χ1n) is 6.86. The lowest BCUT2D eigenvalue weighted by atomic mass is 10.2. The SMILES string of the molecule is CCOCCOc1c(Cl)cccc1NCc1cc(C)on1. The molecule has 0 saturated heterocycles. The summed E-state index contributed by atoms with van der Waals surface area (Å²) < 4.78 is 16.0. The van der Waals surface area contributed by atoms with Crippen molar-refractivity contribution in [2.75, 3.05) is 25.1 Å². The number of anilines is 1. The summed E-state index contributed by atoms with van der Waals surface area (Å²) in [5, 5.41) is 7.75. The number of aromatic nitrogens is 1. The van der Waals surface area contributed by atoms with Crippen LogP contribution in [0.4, 0.5) is 5.69 Å². The van der Waals surface area contributed by atoms with Gasteiger partial charge >= 0.3 is 0 Å². The second-order valence-electron chi connectivity index (χ2n) is 4.44. The van der Waals surface area contributed by atoms with E-state index in [0.717, 1.165) is 17.1 Å². The van der Waals surface area contributed by atoms with Crippen molar-refractivity contribution < 1.29 is 14.0 Å². The molecule has 0 unspecified atom stereocenters. The normalized spacial score (nSPS) is 10.6. The molecule has 1 aromatic heterocycles. The Morgan fingerprint density at radius 1 is 1.33 bits per heavy atom. The molecule has 2 rings (SSSR count). The van der Waals surface area contributed by atoms with Crippen LogP contribution in [0.25, 0.3) is 0 Å². The zero-order valence-corrected chi connectivity index (χ0v) is 12.9. The molecule has 1 N–H and O–H groups in total. The van der Waals surface area contributed by atoms with E-state index in [0.29, 0.717) is 37.1 Å². The van der Waals surface area contributed by atoms with Crippen LogP contribution in [0.5, 0.6) is 5.75 Å². The second kappa shape index (κ2) is 7.90. The number of halogens is 1.